The molecule has 0 atom stereocenters. The summed E-state index contributed by atoms with van der Waals surface area (Å²) >= 11 is 0. The molecule has 0 aromatic rings. The maximum atomic E-state index is 10.6. The Morgan fingerprint density at radius 2 is 1.85 bits per heavy atom. The SMILES string of the molecule is CC(=O)OCCN=C/C=C(C)/C=C/C=C(C)/C=C/C1=C(C)CCCC1(C)C. The van der Waals surface area contributed by atoms with Gasteiger partial charge in [-0.1, -0.05) is 55.4 Å². The molecule has 27 heavy (non-hydrogen) atoms. The third-order valence-corrected chi connectivity index (χ3v) is 4.74. The first kappa shape index (κ1) is 22.9. The summed E-state index contributed by atoms with van der Waals surface area (Å²) in [5.74, 6) is -0.269. The summed E-state index contributed by atoms with van der Waals surface area (Å²) in [7, 11) is 0. The molecule has 0 saturated heterocycles. The number of ether oxygens (including phenoxy) is 1. The number of carbonyl (C=O) groups is 1. The van der Waals surface area contributed by atoms with Crippen LogP contribution in [0.4, 0.5) is 0 Å². The highest BCUT2D eigenvalue weighted by Crippen LogP contribution is 2.40. The van der Waals surface area contributed by atoms with Crippen LogP contribution in [-0.2, 0) is 9.53 Å². The first-order chi connectivity index (χ1) is 12.7. The number of allylic oxidation sites excluding steroid dienone is 10. The van der Waals surface area contributed by atoms with E-state index in [4.69, 9.17) is 4.74 Å². The quantitative estimate of drug-likeness (QED) is 0.223. The van der Waals surface area contributed by atoms with E-state index < -0.39 is 0 Å². The van der Waals surface area contributed by atoms with E-state index in [1.165, 1.54) is 42.9 Å². The highest BCUT2D eigenvalue weighted by atomic mass is 16.5. The zero-order valence-corrected chi connectivity index (χ0v) is 17.8. The smallest absolute Gasteiger partial charge is 0.302 e. The maximum absolute atomic E-state index is 10.6. The summed E-state index contributed by atoms with van der Waals surface area (Å²) in [6.45, 7) is 13.3. The number of hydrogen-bond acceptors (Lipinski definition) is 3. The van der Waals surface area contributed by atoms with Crippen LogP contribution in [0.25, 0.3) is 0 Å². The lowest BCUT2D eigenvalue weighted by atomic mass is 9.72. The maximum Gasteiger partial charge on any atom is 0.302 e. The van der Waals surface area contributed by atoms with Gasteiger partial charge in [0.05, 0.1) is 6.54 Å². The fraction of sp³-hybridized carbons (Fsp3) is 0.500. The highest BCUT2D eigenvalue weighted by Gasteiger charge is 2.26. The first-order valence-electron chi connectivity index (χ1n) is 9.76. The van der Waals surface area contributed by atoms with E-state index in [0.29, 0.717) is 13.2 Å². The topological polar surface area (TPSA) is 38.7 Å². The number of nitrogens with zero attached hydrogens (tertiary/aromatic N) is 1. The monoisotopic (exact) mass is 369 g/mol. The second-order valence-corrected chi connectivity index (χ2v) is 7.84. The van der Waals surface area contributed by atoms with Gasteiger partial charge in [0, 0.05) is 13.1 Å². The number of hydrogen-bond donors (Lipinski definition) is 0. The number of esters is 1. The van der Waals surface area contributed by atoms with E-state index in [1.54, 1.807) is 6.21 Å². The van der Waals surface area contributed by atoms with Gasteiger partial charge in [0.25, 0.3) is 0 Å². The summed E-state index contributed by atoms with van der Waals surface area (Å²) in [4.78, 5) is 14.8. The molecule has 0 aliphatic heterocycles. The lowest BCUT2D eigenvalue weighted by Gasteiger charge is -2.32. The van der Waals surface area contributed by atoms with E-state index in [0.717, 1.165) is 5.57 Å². The van der Waals surface area contributed by atoms with Crippen molar-refractivity contribution in [1.29, 1.82) is 0 Å². The van der Waals surface area contributed by atoms with Gasteiger partial charge in [-0.3, -0.25) is 9.79 Å². The average molecular weight is 370 g/mol. The Hall–Kier alpha value is -2.16. The van der Waals surface area contributed by atoms with Crippen LogP contribution in [0.3, 0.4) is 0 Å². The van der Waals surface area contributed by atoms with Gasteiger partial charge in [0.15, 0.2) is 0 Å². The van der Waals surface area contributed by atoms with Crippen LogP contribution >= 0.6 is 0 Å². The van der Waals surface area contributed by atoms with Gasteiger partial charge in [-0.05, 0) is 62.7 Å². The van der Waals surface area contributed by atoms with Gasteiger partial charge < -0.3 is 4.74 Å². The van der Waals surface area contributed by atoms with Crippen LogP contribution in [-0.4, -0.2) is 25.3 Å². The Morgan fingerprint density at radius 3 is 2.52 bits per heavy atom. The molecule has 148 valence electrons. The minimum atomic E-state index is -0.269. The Balaban J connectivity index is 2.56. The summed E-state index contributed by atoms with van der Waals surface area (Å²) in [6.07, 6.45) is 18.2. The molecule has 0 spiro atoms. The van der Waals surface area contributed by atoms with Crippen molar-refractivity contribution in [3.8, 4) is 0 Å². The molecule has 0 amide bonds. The van der Waals surface area contributed by atoms with E-state index in [1.807, 2.05) is 13.0 Å². The lowest BCUT2D eigenvalue weighted by Crippen LogP contribution is -2.19. The van der Waals surface area contributed by atoms with Crippen molar-refractivity contribution in [1.82, 2.24) is 0 Å². The van der Waals surface area contributed by atoms with Crippen molar-refractivity contribution in [2.75, 3.05) is 13.2 Å². The molecular formula is C24H35NO2. The number of aliphatic imine (C=N–C) groups is 1. The summed E-state index contributed by atoms with van der Waals surface area (Å²) in [6, 6.07) is 0. The zero-order valence-electron chi connectivity index (χ0n) is 17.8. The van der Waals surface area contributed by atoms with Crippen LogP contribution in [0.2, 0.25) is 0 Å². The van der Waals surface area contributed by atoms with Gasteiger partial charge in [-0.2, -0.15) is 0 Å². The molecule has 0 heterocycles. The molecule has 1 rings (SSSR count). The fourth-order valence-corrected chi connectivity index (χ4v) is 3.17. The summed E-state index contributed by atoms with van der Waals surface area (Å²) < 4.78 is 4.82. The molecule has 1 aliphatic carbocycles. The Morgan fingerprint density at radius 1 is 1.15 bits per heavy atom. The van der Waals surface area contributed by atoms with E-state index >= 15 is 0 Å². The first-order valence-corrected chi connectivity index (χ1v) is 9.76. The van der Waals surface area contributed by atoms with Crippen molar-refractivity contribution in [2.24, 2.45) is 10.4 Å². The third-order valence-electron chi connectivity index (χ3n) is 4.74. The summed E-state index contributed by atoms with van der Waals surface area (Å²) in [5, 5.41) is 0. The van der Waals surface area contributed by atoms with E-state index in [9.17, 15) is 4.79 Å². The van der Waals surface area contributed by atoms with Crippen LogP contribution in [0, 0.1) is 5.41 Å². The van der Waals surface area contributed by atoms with Crippen molar-refractivity contribution in [3.05, 3.63) is 58.7 Å². The fourth-order valence-electron chi connectivity index (χ4n) is 3.17. The predicted octanol–water partition coefficient (Wildman–Crippen LogP) is 6.15. The standard InChI is InChI=1S/C24H35NO2/c1-19(12-13-23-21(3)11-8-15-24(23,5)6)9-7-10-20(2)14-16-25-17-18-27-22(4)26/h7,9-10,12-14,16H,8,11,15,17-18H2,1-6H3/b10-7+,13-12+,19-9+,20-14+,25-16?. The van der Waals surface area contributed by atoms with Crippen LogP contribution < -0.4 is 0 Å². The Labute approximate surface area is 165 Å². The van der Waals surface area contributed by atoms with E-state index in [-0.39, 0.29) is 11.4 Å². The average Bonchev–Trinajstić information content (AvgIpc) is 2.56. The van der Waals surface area contributed by atoms with Crippen LogP contribution in [0.5, 0.6) is 0 Å². The Kier molecular flexibility index (Phi) is 9.77. The van der Waals surface area contributed by atoms with Gasteiger partial charge in [0.2, 0.25) is 0 Å². The van der Waals surface area contributed by atoms with Crippen LogP contribution in [0.1, 0.15) is 60.8 Å². The molecule has 0 radical (unpaired) electrons. The van der Waals surface area contributed by atoms with Gasteiger partial charge in [-0.25, -0.2) is 0 Å². The molecule has 0 saturated carbocycles. The van der Waals surface area contributed by atoms with Crippen molar-refractivity contribution in [3.63, 3.8) is 0 Å². The van der Waals surface area contributed by atoms with Crippen molar-refractivity contribution >= 4 is 12.2 Å². The normalized spacial score (nSPS) is 18.9. The third kappa shape index (κ3) is 9.37. The minimum absolute atomic E-state index is 0.269. The molecular weight excluding hydrogens is 334 g/mol. The Bertz CT molecular complexity index is 685. The molecule has 0 unspecified atom stereocenters. The number of carbonyl (C=O) groups excluding carboxylic acids is 1. The van der Waals surface area contributed by atoms with Crippen molar-refractivity contribution < 1.29 is 9.53 Å². The van der Waals surface area contributed by atoms with E-state index in [2.05, 4.69) is 63.1 Å². The summed E-state index contributed by atoms with van der Waals surface area (Å²) in [5.41, 5.74) is 5.65. The lowest BCUT2D eigenvalue weighted by molar-refractivity contribution is -0.140. The van der Waals surface area contributed by atoms with Gasteiger partial charge in [-0.15, -0.1) is 0 Å². The largest absolute Gasteiger partial charge is 0.464 e. The van der Waals surface area contributed by atoms with Gasteiger partial charge in [0.1, 0.15) is 6.61 Å². The molecule has 0 fully saturated rings. The molecule has 0 aromatic carbocycles. The molecule has 0 bridgehead atoms. The molecule has 3 heteroatoms. The predicted molar refractivity (Wildman–Crippen MR) is 116 cm³/mol. The minimum Gasteiger partial charge on any atom is -0.464 e. The highest BCUT2D eigenvalue weighted by molar-refractivity contribution is 5.72. The van der Waals surface area contributed by atoms with Gasteiger partial charge >= 0.3 is 5.97 Å². The molecule has 3 nitrogen and oxygen atoms in total. The second-order valence-electron chi connectivity index (χ2n) is 7.84. The van der Waals surface area contributed by atoms with Crippen molar-refractivity contribution in [2.45, 2.75) is 60.8 Å². The zero-order chi connectivity index (χ0) is 20.3. The van der Waals surface area contributed by atoms with Crippen LogP contribution in [0.15, 0.2) is 63.7 Å². The number of rotatable bonds is 8. The second kappa shape index (κ2) is 11.5. The molecule has 1 aliphatic rings. The molecule has 0 aromatic heterocycles. The molecule has 0 N–H and O–H groups in total.